The van der Waals surface area contributed by atoms with Gasteiger partial charge < -0.3 is 20.4 Å². The molecule has 1 aromatic heterocycles. The second-order valence-electron chi connectivity index (χ2n) is 6.80. The number of hydrogen-bond acceptors (Lipinski definition) is 4. The number of benzene rings is 2. The first-order valence-corrected chi connectivity index (χ1v) is 8.73. The van der Waals surface area contributed by atoms with Crippen LogP contribution in [-0.4, -0.2) is 31.0 Å². The molecular weight excluding hydrogens is 346 g/mol. The lowest BCUT2D eigenvalue weighted by atomic mass is 9.81. The van der Waals surface area contributed by atoms with E-state index in [1.165, 1.54) is 28.3 Å². The summed E-state index contributed by atoms with van der Waals surface area (Å²) in [6.45, 7) is 0. The Kier molecular flexibility index (Phi) is 4.03. The maximum Gasteiger partial charge on any atom is 0.339 e. The highest BCUT2D eigenvalue weighted by molar-refractivity contribution is 5.91. The number of carbonyl (C=O) groups is 1. The van der Waals surface area contributed by atoms with Crippen molar-refractivity contribution >= 4 is 5.97 Å². The lowest BCUT2D eigenvalue weighted by Crippen LogP contribution is -2.11. The molecule has 27 heavy (non-hydrogen) atoms. The fourth-order valence-corrected chi connectivity index (χ4v) is 3.87. The van der Waals surface area contributed by atoms with Crippen LogP contribution < -0.4 is 0 Å². The van der Waals surface area contributed by atoms with Gasteiger partial charge in [0.05, 0.1) is 5.69 Å². The van der Waals surface area contributed by atoms with E-state index < -0.39 is 5.97 Å². The maximum absolute atomic E-state index is 11.3. The molecule has 0 spiro atoms. The van der Waals surface area contributed by atoms with Gasteiger partial charge in [-0.3, -0.25) is 4.57 Å². The van der Waals surface area contributed by atoms with Crippen LogP contribution in [0.4, 0.5) is 0 Å². The number of aromatic carboxylic acids is 1. The molecule has 4 N–H and O–H groups in total. The second kappa shape index (κ2) is 6.39. The lowest BCUT2D eigenvalue weighted by Gasteiger charge is -2.22. The normalized spacial score (nSPS) is 16.1. The standard InChI is InChI=1S/C21H19NO5/c23-18-9-7-14(11-17(18)21(26)27)22-19(24)15-8-6-13(10-16(15)20(22)25)12-4-2-1-3-5-12/h1-5,7,9,11,13,23-25H,6,8,10H2,(H,26,27). The van der Waals surface area contributed by atoms with E-state index in [1.54, 1.807) is 0 Å². The predicted octanol–water partition coefficient (Wildman–Crippen LogP) is 3.56. The van der Waals surface area contributed by atoms with Crippen LogP contribution in [0.2, 0.25) is 0 Å². The molecule has 1 unspecified atom stereocenters. The Bertz CT molecular complexity index is 1020. The summed E-state index contributed by atoms with van der Waals surface area (Å²) < 4.78 is 1.24. The molecule has 0 amide bonds. The highest BCUT2D eigenvalue weighted by atomic mass is 16.4. The molecule has 0 fully saturated rings. The van der Waals surface area contributed by atoms with Crippen LogP contribution in [0.25, 0.3) is 5.69 Å². The van der Waals surface area contributed by atoms with Crippen molar-refractivity contribution in [3.63, 3.8) is 0 Å². The quantitative estimate of drug-likeness (QED) is 0.568. The lowest BCUT2D eigenvalue weighted by molar-refractivity contribution is 0.0693. The van der Waals surface area contributed by atoms with E-state index in [2.05, 4.69) is 12.1 Å². The Morgan fingerprint density at radius 3 is 2.37 bits per heavy atom. The fourth-order valence-electron chi connectivity index (χ4n) is 3.87. The van der Waals surface area contributed by atoms with Crippen molar-refractivity contribution in [3.05, 3.63) is 70.8 Å². The average molecular weight is 365 g/mol. The molecule has 0 saturated heterocycles. The molecule has 4 rings (SSSR count). The number of aromatic nitrogens is 1. The van der Waals surface area contributed by atoms with Crippen LogP contribution in [0.15, 0.2) is 48.5 Å². The number of fused-ring (bicyclic) bond motifs is 1. The maximum atomic E-state index is 11.3. The molecule has 1 aliphatic rings. The SMILES string of the molecule is O=C(O)c1cc(-n2c(O)c3c(c2O)CC(c2ccccc2)CC3)ccc1O. The van der Waals surface area contributed by atoms with Crippen LogP contribution in [-0.2, 0) is 12.8 Å². The summed E-state index contributed by atoms with van der Waals surface area (Å²) in [6, 6.07) is 14.0. The summed E-state index contributed by atoms with van der Waals surface area (Å²) in [4.78, 5) is 11.3. The van der Waals surface area contributed by atoms with Gasteiger partial charge in [-0.15, -0.1) is 0 Å². The number of rotatable bonds is 3. The molecule has 3 aromatic rings. The highest BCUT2D eigenvalue weighted by Crippen LogP contribution is 2.44. The Morgan fingerprint density at radius 1 is 0.963 bits per heavy atom. The zero-order valence-corrected chi connectivity index (χ0v) is 14.5. The van der Waals surface area contributed by atoms with Crippen molar-refractivity contribution < 1.29 is 25.2 Å². The highest BCUT2D eigenvalue weighted by Gasteiger charge is 2.30. The van der Waals surface area contributed by atoms with E-state index in [0.29, 0.717) is 24.0 Å². The second-order valence-corrected chi connectivity index (χ2v) is 6.80. The minimum Gasteiger partial charge on any atom is -0.507 e. The first-order chi connectivity index (χ1) is 13.0. The molecule has 6 heteroatoms. The van der Waals surface area contributed by atoms with Gasteiger partial charge in [0.15, 0.2) is 0 Å². The molecule has 0 saturated carbocycles. The van der Waals surface area contributed by atoms with Crippen LogP contribution >= 0.6 is 0 Å². The fraction of sp³-hybridized carbons (Fsp3) is 0.190. The van der Waals surface area contributed by atoms with Crippen LogP contribution in [0.3, 0.4) is 0 Å². The number of aromatic hydroxyl groups is 3. The van der Waals surface area contributed by atoms with Crippen molar-refractivity contribution in [2.24, 2.45) is 0 Å². The smallest absolute Gasteiger partial charge is 0.339 e. The molecule has 0 radical (unpaired) electrons. The molecule has 1 atom stereocenters. The van der Waals surface area contributed by atoms with E-state index >= 15 is 0 Å². The Morgan fingerprint density at radius 2 is 1.67 bits per heavy atom. The average Bonchev–Trinajstić information content (AvgIpc) is 2.93. The third-order valence-corrected chi connectivity index (χ3v) is 5.26. The molecule has 6 nitrogen and oxygen atoms in total. The van der Waals surface area contributed by atoms with Gasteiger partial charge in [0.25, 0.3) is 0 Å². The van der Waals surface area contributed by atoms with Gasteiger partial charge in [-0.2, -0.15) is 0 Å². The van der Waals surface area contributed by atoms with Gasteiger partial charge in [0.2, 0.25) is 11.8 Å². The van der Waals surface area contributed by atoms with Gasteiger partial charge in [-0.05, 0) is 48.9 Å². The van der Waals surface area contributed by atoms with Gasteiger partial charge in [-0.1, -0.05) is 30.3 Å². The number of nitrogens with zero attached hydrogens (tertiary/aromatic N) is 1. The Labute approximate surface area is 155 Å². The first kappa shape index (κ1) is 17.0. The molecule has 0 bridgehead atoms. The van der Waals surface area contributed by atoms with Crippen molar-refractivity contribution in [2.45, 2.75) is 25.2 Å². The van der Waals surface area contributed by atoms with E-state index in [0.717, 1.165) is 6.42 Å². The largest absolute Gasteiger partial charge is 0.507 e. The van der Waals surface area contributed by atoms with Crippen LogP contribution in [0.5, 0.6) is 17.5 Å². The predicted molar refractivity (Wildman–Crippen MR) is 98.9 cm³/mol. The van der Waals surface area contributed by atoms with Crippen molar-refractivity contribution in [3.8, 4) is 23.2 Å². The van der Waals surface area contributed by atoms with E-state index in [9.17, 15) is 25.2 Å². The minimum absolute atomic E-state index is 0.0870. The number of hydrogen-bond donors (Lipinski definition) is 4. The summed E-state index contributed by atoms with van der Waals surface area (Å²) in [7, 11) is 0. The van der Waals surface area contributed by atoms with E-state index in [-0.39, 0.29) is 34.7 Å². The van der Waals surface area contributed by atoms with Crippen molar-refractivity contribution in [1.29, 1.82) is 0 Å². The number of phenols is 1. The van der Waals surface area contributed by atoms with Gasteiger partial charge >= 0.3 is 5.97 Å². The van der Waals surface area contributed by atoms with Gasteiger partial charge in [0.1, 0.15) is 11.3 Å². The Balaban J connectivity index is 1.77. The zero-order valence-electron chi connectivity index (χ0n) is 14.5. The zero-order chi connectivity index (χ0) is 19.1. The first-order valence-electron chi connectivity index (χ1n) is 8.73. The van der Waals surface area contributed by atoms with Crippen molar-refractivity contribution in [2.75, 3.05) is 0 Å². The van der Waals surface area contributed by atoms with Crippen LogP contribution in [0.1, 0.15) is 39.4 Å². The molecule has 1 heterocycles. The summed E-state index contributed by atoms with van der Waals surface area (Å²) in [6.07, 6.45) is 2.06. The van der Waals surface area contributed by atoms with Crippen molar-refractivity contribution in [1.82, 2.24) is 4.57 Å². The van der Waals surface area contributed by atoms with Crippen LogP contribution in [0, 0.1) is 0 Å². The van der Waals surface area contributed by atoms with E-state index in [4.69, 9.17) is 0 Å². The molecular formula is C21H19NO5. The topological polar surface area (TPSA) is 103 Å². The number of carboxylic acids is 1. The third kappa shape index (κ3) is 2.79. The summed E-state index contributed by atoms with van der Waals surface area (Å²) >= 11 is 0. The van der Waals surface area contributed by atoms with Gasteiger partial charge in [-0.25, -0.2) is 4.79 Å². The summed E-state index contributed by atoms with van der Waals surface area (Å²) in [5.74, 6) is -1.59. The third-order valence-electron chi connectivity index (χ3n) is 5.26. The minimum atomic E-state index is -1.28. The molecule has 1 aliphatic carbocycles. The summed E-state index contributed by atoms with van der Waals surface area (Å²) in [5.41, 5.74) is 2.54. The monoisotopic (exact) mass is 365 g/mol. The van der Waals surface area contributed by atoms with Gasteiger partial charge in [0, 0.05) is 11.1 Å². The van der Waals surface area contributed by atoms with E-state index in [1.807, 2.05) is 18.2 Å². The summed E-state index contributed by atoms with van der Waals surface area (Å²) in [5, 5.41) is 40.3. The molecule has 138 valence electrons. The molecule has 2 aromatic carbocycles. The molecule has 0 aliphatic heterocycles. The Hall–Kier alpha value is -3.41. The number of carboxylic acid groups (broad SMARTS) is 1.